The Morgan fingerprint density at radius 1 is 1.13 bits per heavy atom. The summed E-state index contributed by atoms with van der Waals surface area (Å²) in [6.07, 6.45) is -4.16. The van der Waals surface area contributed by atoms with E-state index in [1.807, 2.05) is 22.4 Å². The molecule has 0 radical (unpaired) electrons. The van der Waals surface area contributed by atoms with Crippen LogP contribution in [0.4, 0.5) is 13.2 Å². The number of benzene rings is 1. The molecule has 2 heterocycles. The molecular formula is C20H21F3N2O4S. The zero-order valence-electron chi connectivity index (χ0n) is 16.0. The number of hydrogen-bond donors (Lipinski definition) is 1. The number of halogens is 3. The first-order valence-electron chi connectivity index (χ1n) is 9.29. The number of hydrogen-bond acceptors (Lipinski definition) is 5. The fourth-order valence-electron chi connectivity index (χ4n) is 3.23. The van der Waals surface area contributed by atoms with Gasteiger partial charge in [-0.1, -0.05) is 6.07 Å². The zero-order valence-corrected chi connectivity index (χ0v) is 16.8. The Morgan fingerprint density at radius 3 is 2.47 bits per heavy atom. The van der Waals surface area contributed by atoms with Crippen molar-refractivity contribution in [2.75, 3.05) is 32.8 Å². The highest BCUT2D eigenvalue weighted by Gasteiger charge is 2.31. The van der Waals surface area contributed by atoms with Crippen molar-refractivity contribution >= 4 is 23.2 Å². The monoisotopic (exact) mass is 442 g/mol. The third-order valence-electron chi connectivity index (χ3n) is 4.76. The van der Waals surface area contributed by atoms with Crippen LogP contribution in [0.5, 0.6) is 5.75 Å². The fraction of sp³-hybridized carbons (Fsp3) is 0.400. The van der Waals surface area contributed by atoms with Crippen molar-refractivity contribution < 1.29 is 32.6 Å². The molecule has 30 heavy (non-hydrogen) atoms. The van der Waals surface area contributed by atoms with Crippen molar-refractivity contribution in [1.82, 2.24) is 9.80 Å². The van der Waals surface area contributed by atoms with E-state index in [1.54, 1.807) is 4.90 Å². The summed E-state index contributed by atoms with van der Waals surface area (Å²) < 4.78 is 44.5. The van der Waals surface area contributed by atoms with Crippen LogP contribution >= 0.6 is 11.3 Å². The van der Waals surface area contributed by atoms with Crippen LogP contribution < -0.4 is 4.74 Å². The van der Waals surface area contributed by atoms with E-state index in [2.05, 4.69) is 0 Å². The summed E-state index contributed by atoms with van der Waals surface area (Å²) in [5.41, 5.74) is -0.547. The van der Waals surface area contributed by atoms with Crippen molar-refractivity contribution in [3.63, 3.8) is 0 Å². The average molecular weight is 442 g/mol. The number of rotatable bonds is 7. The number of alkyl halides is 3. The molecule has 1 amide bonds. The highest BCUT2D eigenvalue weighted by molar-refractivity contribution is 7.10. The van der Waals surface area contributed by atoms with Gasteiger partial charge in [0.1, 0.15) is 5.75 Å². The van der Waals surface area contributed by atoms with Gasteiger partial charge in [-0.15, -0.1) is 11.3 Å². The number of carboxylic acids is 1. The molecular weight excluding hydrogens is 421 g/mol. The number of amides is 1. The van der Waals surface area contributed by atoms with E-state index >= 15 is 0 Å². The number of carbonyl (C=O) groups is 2. The number of ether oxygens (including phenoxy) is 1. The lowest BCUT2D eigenvalue weighted by Crippen LogP contribution is -2.48. The first-order valence-corrected chi connectivity index (χ1v) is 10.2. The smallest absolute Gasteiger partial charge is 0.416 e. The van der Waals surface area contributed by atoms with Crippen molar-refractivity contribution in [2.45, 2.75) is 19.1 Å². The maximum absolute atomic E-state index is 13.1. The molecule has 0 unspecified atom stereocenters. The van der Waals surface area contributed by atoms with Gasteiger partial charge in [-0.3, -0.25) is 9.69 Å². The highest BCUT2D eigenvalue weighted by atomic mass is 32.1. The Balaban J connectivity index is 1.63. The van der Waals surface area contributed by atoms with Crippen LogP contribution in [0.1, 0.15) is 16.0 Å². The van der Waals surface area contributed by atoms with Gasteiger partial charge in [0.25, 0.3) is 0 Å². The van der Waals surface area contributed by atoms with Gasteiger partial charge in [0.05, 0.1) is 12.0 Å². The largest absolute Gasteiger partial charge is 0.482 e. The van der Waals surface area contributed by atoms with E-state index in [4.69, 9.17) is 9.84 Å². The Kier molecular flexibility index (Phi) is 6.99. The van der Waals surface area contributed by atoms with E-state index in [9.17, 15) is 22.8 Å². The second kappa shape index (κ2) is 9.48. The first-order chi connectivity index (χ1) is 14.2. The Morgan fingerprint density at radius 2 is 1.87 bits per heavy atom. The third kappa shape index (κ3) is 5.96. The molecule has 2 aromatic rings. The molecule has 1 aromatic carbocycles. The number of piperazine rings is 1. The number of nitrogens with zero attached hydrogens (tertiary/aromatic N) is 2. The third-order valence-corrected chi connectivity index (χ3v) is 5.64. The molecule has 162 valence electrons. The van der Waals surface area contributed by atoms with Crippen molar-refractivity contribution in [3.8, 4) is 5.75 Å². The summed E-state index contributed by atoms with van der Waals surface area (Å²) in [6, 6.07) is 6.82. The van der Waals surface area contributed by atoms with E-state index in [0.717, 1.165) is 23.1 Å². The minimum atomic E-state index is -4.51. The van der Waals surface area contributed by atoms with E-state index in [0.29, 0.717) is 32.6 Å². The predicted octanol–water partition coefficient (Wildman–Crippen LogP) is 3.12. The van der Waals surface area contributed by atoms with Crippen LogP contribution in [0.2, 0.25) is 0 Å². The standard InChI is InChI=1S/C20H21F3N2O4S/c21-20(22,23)15-3-4-17(29-13-19(27)28)14(10-15)12-24-5-7-25(8-6-24)18(26)11-16-2-1-9-30-16/h1-4,9-10H,5-8,11-13H2,(H,27,28). The van der Waals surface area contributed by atoms with Gasteiger partial charge < -0.3 is 14.7 Å². The predicted molar refractivity (Wildman–Crippen MR) is 104 cm³/mol. The summed E-state index contributed by atoms with van der Waals surface area (Å²) in [7, 11) is 0. The average Bonchev–Trinajstić information content (AvgIpc) is 3.19. The normalized spacial score (nSPS) is 15.2. The fourth-order valence-corrected chi connectivity index (χ4v) is 3.93. The second-order valence-corrected chi connectivity index (χ2v) is 7.95. The molecule has 1 aliphatic rings. The van der Waals surface area contributed by atoms with Gasteiger partial charge >= 0.3 is 12.1 Å². The minimum absolute atomic E-state index is 0.0293. The quantitative estimate of drug-likeness (QED) is 0.714. The Labute approximate surface area is 175 Å². The molecule has 1 aromatic heterocycles. The highest BCUT2D eigenvalue weighted by Crippen LogP contribution is 2.33. The summed E-state index contributed by atoms with van der Waals surface area (Å²) in [5, 5.41) is 10.7. The van der Waals surface area contributed by atoms with E-state index in [-0.39, 0.29) is 23.8 Å². The summed E-state index contributed by atoms with van der Waals surface area (Å²) in [4.78, 5) is 27.8. The zero-order chi connectivity index (χ0) is 21.7. The van der Waals surface area contributed by atoms with Crippen LogP contribution in [0.3, 0.4) is 0 Å². The van der Waals surface area contributed by atoms with Crippen LogP contribution in [0.25, 0.3) is 0 Å². The van der Waals surface area contributed by atoms with Crippen LogP contribution in [-0.2, 0) is 28.7 Å². The molecule has 0 aliphatic carbocycles. The lowest BCUT2D eigenvalue weighted by atomic mass is 10.1. The molecule has 0 bridgehead atoms. The molecule has 1 aliphatic heterocycles. The van der Waals surface area contributed by atoms with Crippen LogP contribution in [-0.4, -0.2) is 59.6 Å². The summed E-state index contributed by atoms with van der Waals surface area (Å²) >= 11 is 1.52. The second-order valence-electron chi connectivity index (χ2n) is 6.92. The van der Waals surface area contributed by atoms with E-state index in [1.165, 1.54) is 11.3 Å². The maximum Gasteiger partial charge on any atom is 0.416 e. The van der Waals surface area contributed by atoms with Crippen molar-refractivity contribution in [2.24, 2.45) is 0 Å². The molecule has 1 saturated heterocycles. The van der Waals surface area contributed by atoms with Gasteiger partial charge in [0.15, 0.2) is 6.61 Å². The Bertz CT molecular complexity index is 879. The van der Waals surface area contributed by atoms with Gasteiger partial charge in [-0.05, 0) is 29.6 Å². The first kappa shape index (κ1) is 22.1. The molecule has 10 heteroatoms. The summed E-state index contributed by atoms with van der Waals surface area (Å²) in [5.74, 6) is -1.07. The number of carbonyl (C=O) groups excluding carboxylic acids is 1. The molecule has 6 nitrogen and oxygen atoms in total. The Hall–Kier alpha value is -2.59. The SMILES string of the molecule is O=C(O)COc1ccc(C(F)(F)F)cc1CN1CCN(C(=O)Cc2cccs2)CC1. The minimum Gasteiger partial charge on any atom is -0.482 e. The lowest BCUT2D eigenvalue weighted by Gasteiger charge is -2.35. The topological polar surface area (TPSA) is 70.1 Å². The number of thiophene rings is 1. The molecule has 0 atom stereocenters. The van der Waals surface area contributed by atoms with E-state index < -0.39 is 24.3 Å². The van der Waals surface area contributed by atoms with Crippen molar-refractivity contribution in [3.05, 3.63) is 51.7 Å². The number of aliphatic carboxylic acids is 1. The van der Waals surface area contributed by atoms with Gasteiger partial charge in [0, 0.05) is 43.2 Å². The lowest BCUT2D eigenvalue weighted by molar-refractivity contribution is -0.140. The maximum atomic E-state index is 13.1. The van der Waals surface area contributed by atoms with Crippen molar-refractivity contribution in [1.29, 1.82) is 0 Å². The molecule has 3 rings (SSSR count). The van der Waals surface area contributed by atoms with Crippen LogP contribution in [0, 0.1) is 0 Å². The number of carboxylic acid groups (broad SMARTS) is 1. The van der Waals surface area contributed by atoms with Crippen LogP contribution in [0.15, 0.2) is 35.7 Å². The van der Waals surface area contributed by atoms with Gasteiger partial charge in [0.2, 0.25) is 5.91 Å². The molecule has 1 N–H and O–H groups in total. The van der Waals surface area contributed by atoms with Gasteiger partial charge in [-0.25, -0.2) is 4.79 Å². The molecule has 0 spiro atoms. The summed E-state index contributed by atoms with van der Waals surface area (Å²) in [6.45, 7) is 1.51. The molecule has 0 saturated carbocycles. The van der Waals surface area contributed by atoms with Gasteiger partial charge in [-0.2, -0.15) is 13.2 Å². The molecule has 1 fully saturated rings.